The molecule has 1 saturated carbocycles. The number of hydrogen-bond donors (Lipinski definition) is 1. The molecule has 0 unspecified atom stereocenters. The lowest BCUT2D eigenvalue weighted by molar-refractivity contribution is 0.0926. The SMILES string of the molecule is O=C(NC1CCCCCCCCCCC1)c1cccc(-n2cnnc2)n1. The van der Waals surface area contributed by atoms with Gasteiger partial charge in [-0.25, -0.2) is 4.98 Å². The van der Waals surface area contributed by atoms with Gasteiger partial charge >= 0.3 is 0 Å². The van der Waals surface area contributed by atoms with Gasteiger partial charge in [0.25, 0.3) is 5.91 Å². The highest BCUT2D eigenvalue weighted by Gasteiger charge is 2.15. The Hall–Kier alpha value is -2.24. The maximum Gasteiger partial charge on any atom is 0.270 e. The molecule has 6 heteroatoms. The molecule has 1 aliphatic rings. The molecule has 0 aromatic carbocycles. The highest BCUT2D eigenvalue weighted by Crippen LogP contribution is 2.17. The summed E-state index contributed by atoms with van der Waals surface area (Å²) in [5, 5.41) is 10.8. The summed E-state index contributed by atoms with van der Waals surface area (Å²) in [5.74, 6) is 0.568. The van der Waals surface area contributed by atoms with Crippen molar-refractivity contribution in [3.8, 4) is 5.82 Å². The lowest BCUT2D eigenvalue weighted by atomic mass is 9.98. The number of aromatic nitrogens is 4. The summed E-state index contributed by atoms with van der Waals surface area (Å²) in [5.41, 5.74) is 0.447. The average molecular weight is 355 g/mol. The predicted molar refractivity (Wildman–Crippen MR) is 101 cm³/mol. The monoisotopic (exact) mass is 355 g/mol. The molecular weight excluding hydrogens is 326 g/mol. The van der Waals surface area contributed by atoms with Crippen LogP contribution in [-0.2, 0) is 0 Å². The first-order valence-corrected chi connectivity index (χ1v) is 9.96. The van der Waals surface area contributed by atoms with Crippen molar-refractivity contribution in [1.82, 2.24) is 25.1 Å². The van der Waals surface area contributed by atoms with Crippen molar-refractivity contribution in [1.29, 1.82) is 0 Å². The molecule has 1 N–H and O–H groups in total. The summed E-state index contributed by atoms with van der Waals surface area (Å²) >= 11 is 0. The zero-order valence-electron chi connectivity index (χ0n) is 15.4. The van der Waals surface area contributed by atoms with Gasteiger partial charge in [-0.1, -0.05) is 63.9 Å². The quantitative estimate of drug-likeness (QED) is 0.901. The van der Waals surface area contributed by atoms with Gasteiger partial charge in [-0.3, -0.25) is 9.36 Å². The molecule has 1 fully saturated rings. The molecule has 2 aromatic rings. The molecule has 3 rings (SSSR count). The Morgan fingerprint density at radius 1 is 0.885 bits per heavy atom. The highest BCUT2D eigenvalue weighted by molar-refractivity contribution is 5.92. The molecule has 0 bridgehead atoms. The molecule has 1 aliphatic carbocycles. The van der Waals surface area contributed by atoms with Crippen molar-refractivity contribution in [3.05, 3.63) is 36.5 Å². The van der Waals surface area contributed by atoms with E-state index in [-0.39, 0.29) is 11.9 Å². The Morgan fingerprint density at radius 3 is 2.08 bits per heavy atom. The molecule has 6 nitrogen and oxygen atoms in total. The average Bonchev–Trinajstić information content (AvgIpc) is 3.19. The van der Waals surface area contributed by atoms with Crippen LogP contribution in [0.2, 0.25) is 0 Å². The van der Waals surface area contributed by atoms with Crippen LogP contribution in [0.1, 0.15) is 81.1 Å². The third kappa shape index (κ3) is 5.64. The highest BCUT2D eigenvalue weighted by atomic mass is 16.1. The van der Waals surface area contributed by atoms with E-state index in [0.29, 0.717) is 11.5 Å². The fourth-order valence-corrected chi connectivity index (χ4v) is 3.58. The summed E-state index contributed by atoms with van der Waals surface area (Å²) < 4.78 is 1.70. The van der Waals surface area contributed by atoms with Crippen molar-refractivity contribution >= 4 is 5.91 Å². The summed E-state index contributed by atoms with van der Waals surface area (Å²) in [6.45, 7) is 0. The van der Waals surface area contributed by atoms with Crippen LogP contribution < -0.4 is 5.32 Å². The Bertz CT molecular complexity index is 659. The second-order valence-corrected chi connectivity index (χ2v) is 7.18. The van der Waals surface area contributed by atoms with Crippen LogP contribution in [0, 0.1) is 0 Å². The van der Waals surface area contributed by atoms with Crippen molar-refractivity contribution in [2.75, 3.05) is 0 Å². The number of nitrogens with zero attached hydrogens (tertiary/aromatic N) is 4. The third-order valence-electron chi connectivity index (χ3n) is 5.09. The van der Waals surface area contributed by atoms with Crippen LogP contribution in [-0.4, -0.2) is 31.7 Å². The molecule has 0 atom stereocenters. The van der Waals surface area contributed by atoms with E-state index in [9.17, 15) is 4.79 Å². The number of amides is 1. The minimum absolute atomic E-state index is 0.0861. The fourth-order valence-electron chi connectivity index (χ4n) is 3.58. The Kier molecular flexibility index (Phi) is 7.16. The zero-order valence-corrected chi connectivity index (χ0v) is 15.4. The number of hydrogen-bond acceptors (Lipinski definition) is 4. The zero-order chi connectivity index (χ0) is 18.0. The maximum atomic E-state index is 12.7. The molecule has 0 aliphatic heterocycles. The first-order chi connectivity index (χ1) is 12.8. The van der Waals surface area contributed by atoms with E-state index in [1.807, 2.05) is 12.1 Å². The number of rotatable bonds is 3. The lowest BCUT2D eigenvalue weighted by Crippen LogP contribution is -2.35. The van der Waals surface area contributed by atoms with Gasteiger partial charge in [0.2, 0.25) is 0 Å². The minimum Gasteiger partial charge on any atom is -0.348 e. The fraction of sp³-hybridized carbons (Fsp3) is 0.600. The Balaban J connectivity index is 1.60. The summed E-state index contributed by atoms with van der Waals surface area (Å²) in [7, 11) is 0. The van der Waals surface area contributed by atoms with Gasteiger partial charge < -0.3 is 5.32 Å². The molecule has 1 amide bonds. The Labute approximate surface area is 155 Å². The topological polar surface area (TPSA) is 72.7 Å². The van der Waals surface area contributed by atoms with Crippen molar-refractivity contribution in [3.63, 3.8) is 0 Å². The summed E-state index contributed by atoms with van der Waals surface area (Å²) in [6, 6.07) is 5.70. The van der Waals surface area contributed by atoms with E-state index in [4.69, 9.17) is 0 Å². The molecule has 2 heterocycles. The number of pyridine rings is 1. The van der Waals surface area contributed by atoms with Crippen LogP contribution >= 0.6 is 0 Å². The van der Waals surface area contributed by atoms with Gasteiger partial charge in [-0.15, -0.1) is 10.2 Å². The number of carbonyl (C=O) groups is 1. The van der Waals surface area contributed by atoms with Crippen molar-refractivity contribution in [2.45, 2.75) is 76.7 Å². The molecule has 26 heavy (non-hydrogen) atoms. The second kappa shape index (κ2) is 10.0. The van der Waals surface area contributed by atoms with Crippen LogP contribution in [0.15, 0.2) is 30.9 Å². The molecule has 2 aromatic heterocycles. The van der Waals surface area contributed by atoms with E-state index in [1.165, 1.54) is 57.8 Å². The Morgan fingerprint density at radius 2 is 1.46 bits per heavy atom. The molecule has 0 spiro atoms. The van der Waals surface area contributed by atoms with Crippen LogP contribution in [0.5, 0.6) is 0 Å². The van der Waals surface area contributed by atoms with Crippen LogP contribution in [0.25, 0.3) is 5.82 Å². The second-order valence-electron chi connectivity index (χ2n) is 7.18. The first-order valence-electron chi connectivity index (χ1n) is 9.96. The van der Waals surface area contributed by atoms with Crippen molar-refractivity contribution < 1.29 is 4.79 Å². The van der Waals surface area contributed by atoms with Gasteiger partial charge in [0.1, 0.15) is 24.2 Å². The summed E-state index contributed by atoms with van der Waals surface area (Å²) in [4.78, 5) is 17.1. The van der Waals surface area contributed by atoms with Gasteiger partial charge in [-0.05, 0) is 25.0 Å². The standard InChI is InChI=1S/C20H29N5O/c26-20(18-13-10-14-19(24-18)25-15-21-22-16-25)23-17-11-8-6-4-2-1-3-5-7-9-12-17/h10,13-17H,1-9,11-12H2,(H,23,26). The van der Waals surface area contributed by atoms with Gasteiger partial charge in [0.15, 0.2) is 0 Å². The smallest absolute Gasteiger partial charge is 0.270 e. The summed E-state index contributed by atoms with van der Waals surface area (Å²) in [6.07, 6.45) is 17.0. The van der Waals surface area contributed by atoms with Crippen molar-refractivity contribution in [2.24, 2.45) is 0 Å². The predicted octanol–water partition coefficient (Wildman–Crippen LogP) is 4.07. The van der Waals surface area contributed by atoms with E-state index >= 15 is 0 Å². The normalized spacial score (nSPS) is 17.8. The van der Waals surface area contributed by atoms with Crippen LogP contribution in [0.4, 0.5) is 0 Å². The van der Waals surface area contributed by atoms with E-state index < -0.39 is 0 Å². The first kappa shape index (κ1) is 18.5. The third-order valence-corrected chi connectivity index (χ3v) is 5.09. The van der Waals surface area contributed by atoms with E-state index in [1.54, 1.807) is 23.3 Å². The van der Waals surface area contributed by atoms with Crippen LogP contribution in [0.3, 0.4) is 0 Å². The van der Waals surface area contributed by atoms with E-state index in [0.717, 1.165) is 12.8 Å². The maximum absolute atomic E-state index is 12.7. The molecule has 0 radical (unpaired) electrons. The largest absolute Gasteiger partial charge is 0.348 e. The number of carbonyl (C=O) groups excluding carboxylic acids is 1. The van der Waals surface area contributed by atoms with E-state index in [2.05, 4.69) is 20.5 Å². The van der Waals surface area contributed by atoms with Gasteiger partial charge in [0, 0.05) is 6.04 Å². The molecular formula is C20H29N5O. The minimum atomic E-state index is -0.0861. The van der Waals surface area contributed by atoms with Gasteiger partial charge in [0.05, 0.1) is 0 Å². The number of nitrogens with one attached hydrogen (secondary N) is 1. The molecule has 140 valence electrons. The lowest BCUT2D eigenvalue weighted by Gasteiger charge is -2.19. The molecule has 0 saturated heterocycles. The van der Waals surface area contributed by atoms with Gasteiger partial charge in [-0.2, -0.15) is 0 Å².